The summed E-state index contributed by atoms with van der Waals surface area (Å²) in [4.78, 5) is 4.21. The second-order valence-corrected chi connectivity index (χ2v) is 4.71. The van der Waals surface area contributed by atoms with E-state index in [0.29, 0.717) is 18.5 Å². The first-order chi connectivity index (χ1) is 7.28. The number of aromatic nitrogens is 2. The molecule has 1 aromatic rings. The molecule has 0 bridgehead atoms. The van der Waals surface area contributed by atoms with Crippen molar-refractivity contribution in [3.8, 4) is 0 Å². The Balaban J connectivity index is 1.84. The lowest BCUT2D eigenvalue weighted by molar-refractivity contribution is 0.868. The monoisotopic (exact) mass is 225 g/mol. The van der Waals surface area contributed by atoms with E-state index >= 15 is 0 Å². The van der Waals surface area contributed by atoms with Crippen LogP contribution < -0.4 is 11.1 Å². The Kier molecular flexibility index (Phi) is 3.15. The molecule has 0 radical (unpaired) electrons. The van der Waals surface area contributed by atoms with Crippen LogP contribution in [0.1, 0.15) is 29.8 Å². The molecule has 6 heteroatoms. The second-order valence-electron chi connectivity index (χ2n) is 3.56. The lowest BCUT2D eigenvalue weighted by Crippen LogP contribution is -2.33. The van der Waals surface area contributed by atoms with Gasteiger partial charge in [0.1, 0.15) is 10.0 Å². The number of nitrogens with two attached hydrogens (primary N) is 1. The summed E-state index contributed by atoms with van der Waals surface area (Å²) in [7, 11) is 0. The molecule has 0 saturated heterocycles. The van der Waals surface area contributed by atoms with Gasteiger partial charge in [-0.3, -0.25) is 0 Å². The normalized spacial score (nSPS) is 16.7. The fourth-order valence-corrected chi connectivity index (χ4v) is 1.84. The summed E-state index contributed by atoms with van der Waals surface area (Å²) < 4.78 is 0. The standard InChI is InChI=1S/C9H15N5S/c1-2-7-13-14-8(15-7)5-11-9(10)12-6-3-4-6/h6H,2-5H2,1H3,(H3,10,11,12). The van der Waals surface area contributed by atoms with E-state index < -0.39 is 0 Å². The number of rotatable bonds is 4. The Morgan fingerprint density at radius 2 is 2.27 bits per heavy atom. The lowest BCUT2D eigenvalue weighted by Gasteiger charge is -2.00. The molecule has 15 heavy (non-hydrogen) atoms. The number of nitrogens with zero attached hydrogens (tertiary/aromatic N) is 3. The minimum atomic E-state index is 0.519. The molecule has 0 aliphatic heterocycles. The fourth-order valence-electron chi connectivity index (χ4n) is 1.13. The third kappa shape index (κ3) is 3.16. The molecule has 0 unspecified atom stereocenters. The van der Waals surface area contributed by atoms with Crippen LogP contribution in [0.5, 0.6) is 0 Å². The van der Waals surface area contributed by atoms with E-state index in [9.17, 15) is 0 Å². The molecule has 1 fully saturated rings. The number of guanidine groups is 1. The quantitative estimate of drug-likeness (QED) is 0.583. The van der Waals surface area contributed by atoms with Crippen LogP contribution >= 0.6 is 11.3 Å². The zero-order chi connectivity index (χ0) is 10.7. The molecular formula is C9H15N5S. The third-order valence-corrected chi connectivity index (χ3v) is 3.18. The van der Waals surface area contributed by atoms with Gasteiger partial charge >= 0.3 is 0 Å². The average Bonchev–Trinajstić information content (AvgIpc) is 2.92. The van der Waals surface area contributed by atoms with Crippen LogP contribution in [-0.2, 0) is 13.0 Å². The van der Waals surface area contributed by atoms with Gasteiger partial charge in [-0.25, -0.2) is 4.99 Å². The van der Waals surface area contributed by atoms with Crippen LogP contribution in [0.3, 0.4) is 0 Å². The van der Waals surface area contributed by atoms with Crippen LogP contribution in [-0.4, -0.2) is 22.2 Å². The summed E-state index contributed by atoms with van der Waals surface area (Å²) in [5.41, 5.74) is 5.70. The topological polar surface area (TPSA) is 76.2 Å². The number of aliphatic imine (C=N–C) groups is 1. The molecule has 0 spiro atoms. The molecule has 0 atom stereocenters. The first kappa shape index (κ1) is 10.4. The van der Waals surface area contributed by atoms with Gasteiger partial charge in [0.2, 0.25) is 0 Å². The van der Waals surface area contributed by atoms with E-state index in [1.54, 1.807) is 11.3 Å². The summed E-state index contributed by atoms with van der Waals surface area (Å²) in [6, 6.07) is 0.550. The van der Waals surface area contributed by atoms with E-state index in [2.05, 4.69) is 27.4 Å². The molecule has 82 valence electrons. The van der Waals surface area contributed by atoms with Crippen molar-refractivity contribution in [2.24, 2.45) is 10.7 Å². The molecular weight excluding hydrogens is 210 g/mol. The largest absolute Gasteiger partial charge is 0.370 e. The Hall–Kier alpha value is -1.17. The minimum absolute atomic E-state index is 0.519. The first-order valence-corrected chi connectivity index (χ1v) is 5.97. The van der Waals surface area contributed by atoms with Gasteiger partial charge in [0.25, 0.3) is 0 Å². The predicted octanol–water partition coefficient (Wildman–Crippen LogP) is 0.667. The van der Waals surface area contributed by atoms with Crippen molar-refractivity contribution in [2.45, 2.75) is 38.8 Å². The number of hydrogen-bond donors (Lipinski definition) is 2. The van der Waals surface area contributed by atoms with Crippen molar-refractivity contribution < 1.29 is 0 Å². The highest BCUT2D eigenvalue weighted by atomic mass is 32.1. The molecule has 5 nitrogen and oxygen atoms in total. The zero-order valence-corrected chi connectivity index (χ0v) is 9.55. The maximum absolute atomic E-state index is 5.70. The predicted molar refractivity (Wildman–Crippen MR) is 60.8 cm³/mol. The molecule has 1 aromatic heterocycles. The smallest absolute Gasteiger partial charge is 0.189 e. The van der Waals surface area contributed by atoms with Crippen LogP contribution in [0.2, 0.25) is 0 Å². The Morgan fingerprint density at radius 1 is 1.53 bits per heavy atom. The van der Waals surface area contributed by atoms with Crippen LogP contribution in [0, 0.1) is 0 Å². The van der Waals surface area contributed by atoms with Gasteiger partial charge in [-0.15, -0.1) is 10.2 Å². The second kappa shape index (κ2) is 4.57. The molecule has 1 heterocycles. The van der Waals surface area contributed by atoms with Crippen LogP contribution in [0.15, 0.2) is 4.99 Å². The van der Waals surface area contributed by atoms with Crippen molar-refractivity contribution in [1.82, 2.24) is 15.5 Å². The molecule has 1 saturated carbocycles. The van der Waals surface area contributed by atoms with E-state index in [0.717, 1.165) is 16.4 Å². The zero-order valence-electron chi connectivity index (χ0n) is 8.73. The maximum atomic E-state index is 5.70. The summed E-state index contributed by atoms with van der Waals surface area (Å²) in [6.45, 7) is 2.60. The summed E-state index contributed by atoms with van der Waals surface area (Å²) in [6.07, 6.45) is 3.33. The van der Waals surface area contributed by atoms with Crippen molar-refractivity contribution in [3.05, 3.63) is 10.0 Å². The third-order valence-electron chi connectivity index (χ3n) is 2.13. The molecule has 1 aliphatic rings. The van der Waals surface area contributed by atoms with Gasteiger partial charge in [-0.05, 0) is 19.3 Å². The Labute approximate surface area is 92.8 Å². The molecule has 0 amide bonds. The fraction of sp³-hybridized carbons (Fsp3) is 0.667. The summed E-state index contributed by atoms with van der Waals surface area (Å²) in [5, 5.41) is 13.2. The summed E-state index contributed by atoms with van der Waals surface area (Å²) >= 11 is 1.60. The maximum Gasteiger partial charge on any atom is 0.189 e. The lowest BCUT2D eigenvalue weighted by atomic mass is 10.5. The minimum Gasteiger partial charge on any atom is -0.370 e. The molecule has 0 aromatic carbocycles. The van der Waals surface area contributed by atoms with Crippen LogP contribution in [0.4, 0.5) is 0 Å². The van der Waals surface area contributed by atoms with Gasteiger partial charge < -0.3 is 11.1 Å². The van der Waals surface area contributed by atoms with Crippen molar-refractivity contribution in [2.75, 3.05) is 0 Å². The van der Waals surface area contributed by atoms with Gasteiger partial charge in [0.15, 0.2) is 5.96 Å². The highest BCUT2D eigenvalue weighted by Crippen LogP contribution is 2.18. The first-order valence-electron chi connectivity index (χ1n) is 5.15. The van der Waals surface area contributed by atoms with Gasteiger partial charge in [-0.1, -0.05) is 18.3 Å². The van der Waals surface area contributed by atoms with E-state index in [1.165, 1.54) is 12.8 Å². The van der Waals surface area contributed by atoms with E-state index in [1.807, 2.05) is 0 Å². The molecule has 1 aliphatic carbocycles. The van der Waals surface area contributed by atoms with Gasteiger partial charge in [0, 0.05) is 6.04 Å². The number of hydrogen-bond acceptors (Lipinski definition) is 4. The van der Waals surface area contributed by atoms with Crippen LogP contribution in [0.25, 0.3) is 0 Å². The average molecular weight is 225 g/mol. The molecule has 2 rings (SSSR count). The van der Waals surface area contributed by atoms with Gasteiger partial charge in [0.05, 0.1) is 6.54 Å². The number of nitrogens with one attached hydrogen (secondary N) is 1. The molecule has 3 N–H and O–H groups in total. The van der Waals surface area contributed by atoms with Crippen molar-refractivity contribution >= 4 is 17.3 Å². The van der Waals surface area contributed by atoms with E-state index in [4.69, 9.17) is 5.73 Å². The SMILES string of the molecule is CCc1nnc(CN=C(N)NC2CC2)s1. The Morgan fingerprint density at radius 3 is 2.87 bits per heavy atom. The van der Waals surface area contributed by atoms with Crippen molar-refractivity contribution in [3.63, 3.8) is 0 Å². The summed E-state index contributed by atoms with van der Waals surface area (Å²) in [5.74, 6) is 0.519. The highest BCUT2D eigenvalue weighted by Gasteiger charge is 2.21. The number of aryl methyl sites for hydroxylation is 1. The highest BCUT2D eigenvalue weighted by molar-refractivity contribution is 7.11. The van der Waals surface area contributed by atoms with Gasteiger partial charge in [-0.2, -0.15) is 0 Å². The van der Waals surface area contributed by atoms with Crippen molar-refractivity contribution in [1.29, 1.82) is 0 Å². The van der Waals surface area contributed by atoms with E-state index in [-0.39, 0.29) is 0 Å². The Bertz CT molecular complexity index is 355.